The van der Waals surface area contributed by atoms with E-state index in [1.54, 1.807) is 19.0 Å². The first kappa shape index (κ1) is 15.2. The minimum Gasteiger partial charge on any atom is -0.349 e. The van der Waals surface area contributed by atoms with Crippen LogP contribution in [0.5, 0.6) is 0 Å². The van der Waals surface area contributed by atoms with Gasteiger partial charge in [0.05, 0.1) is 12.5 Å². The van der Waals surface area contributed by atoms with E-state index in [4.69, 9.17) is 0 Å². The molecule has 0 saturated carbocycles. The first-order chi connectivity index (χ1) is 9.04. The number of benzene rings is 1. The van der Waals surface area contributed by atoms with Crippen molar-refractivity contribution in [1.82, 2.24) is 10.2 Å². The summed E-state index contributed by atoms with van der Waals surface area (Å²) in [5.74, 6) is -0.00596. The third-order valence-corrected chi connectivity index (χ3v) is 2.89. The van der Waals surface area contributed by atoms with E-state index in [1.807, 2.05) is 37.3 Å². The van der Waals surface area contributed by atoms with Crippen LogP contribution in [0, 0.1) is 0 Å². The second kappa shape index (κ2) is 7.56. The molecule has 2 amide bonds. The lowest BCUT2D eigenvalue weighted by atomic mass is 10.0. The summed E-state index contributed by atoms with van der Waals surface area (Å²) in [7, 11) is 3.44. The smallest absolute Gasteiger partial charge is 0.224 e. The van der Waals surface area contributed by atoms with E-state index in [0.717, 1.165) is 12.0 Å². The molecule has 1 aromatic rings. The Bertz CT molecular complexity index is 415. The van der Waals surface area contributed by atoms with Gasteiger partial charge in [0.15, 0.2) is 0 Å². The fourth-order valence-corrected chi connectivity index (χ4v) is 1.79. The normalized spacial score (nSPS) is 11.7. The lowest BCUT2D eigenvalue weighted by Crippen LogP contribution is -2.33. The molecule has 1 unspecified atom stereocenters. The molecule has 0 aliphatic rings. The van der Waals surface area contributed by atoms with Crippen LogP contribution in [-0.2, 0) is 9.59 Å². The molecule has 0 spiro atoms. The molecule has 104 valence electrons. The number of nitrogens with one attached hydrogen (secondary N) is 1. The average molecular weight is 262 g/mol. The fraction of sp³-hybridized carbons (Fsp3) is 0.467. The molecule has 0 radical (unpaired) electrons. The zero-order valence-electron chi connectivity index (χ0n) is 11.8. The van der Waals surface area contributed by atoms with Gasteiger partial charge >= 0.3 is 0 Å². The van der Waals surface area contributed by atoms with E-state index in [1.165, 1.54) is 0 Å². The zero-order valence-corrected chi connectivity index (χ0v) is 11.8. The molecule has 1 N–H and O–H groups in total. The first-order valence-corrected chi connectivity index (χ1v) is 6.59. The minimum atomic E-state index is -0.254. The maximum Gasteiger partial charge on any atom is 0.224 e. The molecular formula is C15H22N2O2. The maximum atomic E-state index is 11.8. The lowest BCUT2D eigenvalue weighted by Gasteiger charge is -2.20. The average Bonchev–Trinajstić information content (AvgIpc) is 2.39. The van der Waals surface area contributed by atoms with Crippen molar-refractivity contribution in [2.45, 2.75) is 32.2 Å². The minimum absolute atomic E-state index is 0.00523. The second-order valence-electron chi connectivity index (χ2n) is 4.77. The number of rotatable bonds is 6. The van der Waals surface area contributed by atoms with Crippen molar-refractivity contribution in [3.63, 3.8) is 0 Å². The summed E-state index contributed by atoms with van der Waals surface area (Å²) in [6, 6.07) is 9.35. The van der Waals surface area contributed by atoms with Gasteiger partial charge in [0, 0.05) is 20.5 Å². The van der Waals surface area contributed by atoms with Gasteiger partial charge in [-0.15, -0.1) is 0 Å². The quantitative estimate of drug-likeness (QED) is 0.853. The highest BCUT2D eigenvalue weighted by Crippen LogP contribution is 2.17. The highest BCUT2D eigenvalue weighted by molar-refractivity contribution is 5.79. The second-order valence-corrected chi connectivity index (χ2v) is 4.77. The molecule has 1 aromatic carbocycles. The van der Waals surface area contributed by atoms with E-state index >= 15 is 0 Å². The van der Waals surface area contributed by atoms with Crippen LogP contribution in [-0.4, -0.2) is 30.8 Å². The molecular weight excluding hydrogens is 240 g/mol. The van der Waals surface area contributed by atoms with Gasteiger partial charge < -0.3 is 10.2 Å². The van der Waals surface area contributed by atoms with Gasteiger partial charge in [-0.25, -0.2) is 0 Å². The topological polar surface area (TPSA) is 49.4 Å². The van der Waals surface area contributed by atoms with Gasteiger partial charge in [-0.2, -0.15) is 0 Å². The predicted octanol–water partition coefficient (Wildman–Crippen LogP) is 2.12. The standard InChI is InChI=1S/C15H22N2O2/c1-4-8-14(18)16-13(11-15(19)17(2)3)12-9-6-5-7-10-12/h5-7,9-10,13H,4,8,11H2,1-3H3,(H,16,18). The maximum absolute atomic E-state index is 11.8. The molecule has 0 saturated heterocycles. The highest BCUT2D eigenvalue weighted by atomic mass is 16.2. The summed E-state index contributed by atoms with van der Waals surface area (Å²) in [5, 5.41) is 2.93. The van der Waals surface area contributed by atoms with Crippen LogP contribution in [0.25, 0.3) is 0 Å². The number of carbonyl (C=O) groups excluding carboxylic acids is 2. The molecule has 19 heavy (non-hydrogen) atoms. The summed E-state index contributed by atoms with van der Waals surface area (Å²) >= 11 is 0. The summed E-state index contributed by atoms with van der Waals surface area (Å²) in [5.41, 5.74) is 0.960. The summed E-state index contributed by atoms with van der Waals surface area (Å²) in [6.45, 7) is 1.96. The molecule has 0 aromatic heterocycles. The van der Waals surface area contributed by atoms with Crippen molar-refractivity contribution >= 4 is 11.8 Å². The van der Waals surface area contributed by atoms with Crippen molar-refractivity contribution in [2.75, 3.05) is 14.1 Å². The zero-order chi connectivity index (χ0) is 14.3. The number of nitrogens with zero attached hydrogens (tertiary/aromatic N) is 1. The molecule has 1 atom stereocenters. The Kier molecular flexibility index (Phi) is 6.06. The Morgan fingerprint density at radius 1 is 1.21 bits per heavy atom. The van der Waals surface area contributed by atoms with Crippen LogP contribution in [0.1, 0.15) is 37.8 Å². The Morgan fingerprint density at radius 3 is 2.37 bits per heavy atom. The molecule has 0 aliphatic heterocycles. The molecule has 1 rings (SSSR count). The molecule has 4 nitrogen and oxygen atoms in total. The van der Waals surface area contributed by atoms with Crippen LogP contribution in [0.4, 0.5) is 0 Å². The number of amides is 2. The summed E-state index contributed by atoms with van der Waals surface area (Å²) in [6.07, 6.45) is 1.57. The molecule has 0 fully saturated rings. The monoisotopic (exact) mass is 262 g/mol. The van der Waals surface area contributed by atoms with Crippen molar-refractivity contribution in [2.24, 2.45) is 0 Å². The van der Waals surface area contributed by atoms with Crippen LogP contribution in [0.3, 0.4) is 0 Å². The number of carbonyl (C=O) groups is 2. The van der Waals surface area contributed by atoms with Crippen LogP contribution in [0.15, 0.2) is 30.3 Å². The van der Waals surface area contributed by atoms with Crippen molar-refractivity contribution in [3.05, 3.63) is 35.9 Å². The van der Waals surface area contributed by atoms with Gasteiger partial charge in [0.1, 0.15) is 0 Å². The van der Waals surface area contributed by atoms with E-state index in [0.29, 0.717) is 6.42 Å². The lowest BCUT2D eigenvalue weighted by molar-refractivity contribution is -0.129. The Hall–Kier alpha value is -1.84. The molecule has 0 bridgehead atoms. The molecule has 4 heteroatoms. The predicted molar refractivity (Wildman–Crippen MR) is 75.5 cm³/mol. The summed E-state index contributed by atoms with van der Waals surface area (Å²) in [4.78, 5) is 25.1. The van der Waals surface area contributed by atoms with Crippen molar-refractivity contribution < 1.29 is 9.59 Å². The van der Waals surface area contributed by atoms with E-state index in [9.17, 15) is 9.59 Å². The van der Waals surface area contributed by atoms with Gasteiger partial charge in [-0.3, -0.25) is 9.59 Å². The van der Waals surface area contributed by atoms with Gasteiger partial charge in [0.2, 0.25) is 11.8 Å². The molecule has 0 heterocycles. The van der Waals surface area contributed by atoms with E-state index < -0.39 is 0 Å². The Morgan fingerprint density at radius 2 is 1.84 bits per heavy atom. The Labute approximate surface area is 114 Å². The van der Waals surface area contributed by atoms with Crippen molar-refractivity contribution in [1.29, 1.82) is 0 Å². The molecule has 0 aliphatic carbocycles. The first-order valence-electron chi connectivity index (χ1n) is 6.59. The Balaban J connectivity index is 2.79. The highest BCUT2D eigenvalue weighted by Gasteiger charge is 2.18. The van der Waals surface area contributed by atoms with Crippen molar-refractivity contribution in [3.8, 4) is 0 Å². The third-order valence-electron chi connectivity index (χ3n) is 2.89. The number of hydrogen-bond donors (Lipinski definition) is 1. The van der Waals surface area contributed by atoms with Gasteiger partial charge in [-0.1, -0.05) is 37.3 Å². The van der Waals surface area contributed by atoms with Gasteiger partial charge in [-0.05, 0) is 12.0 Å². The van der Waals surface area contributed by atoms with E-state index in [-0.39, 0.29) is 24.3 Å². The fourth-order valence-electron chi connectivity index (χ4n) is 1.79. The SMILES string of the molecule is CCCC(=O)NC(CC(=O)N(C)C)c1ccccc1. The van der Waals surface area contributed by atoms with Crippen LogP contribution < -0.4 is 5.32 Å². The van der Waals surface area contributed by atoms with Crippen LogP contribution >= 0.6 is 0 Å². The largest absolute Gasteiger partial charge is 0.349 e. The van der Waals surface area contributed by atoms with E-state index in [2.05, 4.69) is 5.32 Å². The summed E-state index contributed by atoms with van der Waals surface area (Å²) < 4.78 is 0. The number of hydrogen-bond acceptors (Lipinski definition) is 2. The third kappa shape index (κ3) is 5.12. The van der Waals surface area contributed by atoms with Crippen LogP contribution in [0.2, 0.25) is 0 Å². The van der Waals surface area contributed by atoms with Gasteiger partial charge in [0.25, 0.3) is 0 Å².